The van der Waals surface area contributed by atoms with Gasteiger partial charge in [-0.1, -0.05) is 25.5 Å². The predicted octanol–water partition coefficient (Wildman–Crippen LogP) is 1.97. The summed E-state index contributed by atoms with van der Waals surface area (Å²) in [6, 6.07) is 6.14. The van der Waals surface area contributed by atoms with Crippen molar-refractivity contribution >= 4 is 22.9 Å². The highest BCUT2D eigenvalue weighted by Crippen LogP contribution is 2.17. The minimum absolute atomic E-state index is 0.320. The summed E-state index contributed by atoms with van der Waals surface area (Å²) in [7, 11) is 0. The third-order valence-corrected chi connectivity index (χ3v) is 3.47. The third-order valence-electron chi connectivity index (χ3n) is 3.47. The van der Waals surface area contributed by atoms with Gasteiger partial charge in [0.2, 0.25) is 5.91 Å². The highest BCUT2D eigenvalue weighted by Gasteiger charge is 2.23. The molecular formula is C15H19N3O3. The van der Waals surface area contributed by atoms with Gasteiger partial charge < -0.3 is 15.0 Å². The Morgan fingerprint density at radius 3 is 2.76 bits per heavy atom. The van der Waals surface area contributed by atoms with Crippen LogP contribution < -0.4 is 5.32 Å². The second-order valence-electron chi connectivity index (χ2n) is 5.00. The molecule has 21 heavy (non-hydrogen) atoms. The number of nitrogens with zero attached hydrogens (tertiary/aromatic N) is 2. The van der Waals surface area contributed by atoms with E-state index in [1.54, 1.807) is 17.8 Å². The van der Waals surface area contributed by atoms with E-state index in [0.29, 0.717) is 12.8 Å². The van der Waals surface area contributed by atoms with E-state index in [1.165, 1.54) is 0 Å². The molecule has 0 saturated carbocycles. The first kappa shape index (κ1) is 15.0. The smallest absolute Gasteiger partial charge is 0.326 e. The Kier molecular flexibility index (Phi) is 4.57. The molecule has 2 N–H and O–H groups in total. The molecule has 1 heterocycles. The fourth-order valence-electron chi connectivity index (χ4n) is 2.25. The maximum Gasteiger partial charge on any atom is 0.326 e. The molecule has 2 atom stereocenters. The Balaban J connectivity index is 2.17. The van der Waals surface area contributed by atoms with Gasteiger partial charge in [0, 0.05) is 0 Å². The van der Waals surface area contributed by atoms with Gasteiger partial charge in [-0.25, -0.2) is 9.78 Å². The molecule has 0 fully saturated rings. The summed E-state index contributed by atoms with van der Waals surface area (Å²) in [5, 5.41) is 11.7. The molecule has 0 radical (unpaired) electrons. The second-order valence-corrected chi connectivity index (χ2v) is 5.00. The van der Waals surface area contributed by atoms with Gasteiger partial charge in [0.25, 0.3) is 0 Å². The zero-order valence-electron chi connectivity index (χ0n) is 12.1. The summed E-state index contributed by atoms with van der Waals surface area (Å²) < 4.78 is 1.75. The normalized spacial score (nSPS) is 13.8. The number of carboxylic acids is 1. The van der Waals surface area contributed by atoms with Gasteiger partial charge in [0.15, 0.2) is 0 Å². The van der Waals surface area contributed by atoms with Crippen molar-refractivity contribution in [1.29, 1.82) is 0 Å². The largest absolute Gasteiger partial charge is 0.480 e. The van der Waals surface area contributed by atoms with Crippen LogP contribution >= 0.6 is 0 Å². The number of carbonyl (C=O) groups is 2. The number of imidazole rings is 1. The number of rotatable bonds is 6. The van der Waals surface area contributed by atoms with Crippen molar-refractivity contribution in [2.75, 3.05) is 0 Å². The van der Waals surface area contributed by atoms with Crippen molar-refractivity contribution in [1.82, 2.24) is 14.9 Å². The lowest BCUT2D eigenvalue weighted by Crippen LogP contribution is -2.43. The molecule has 0 bridgehead atoms. The van der Waals surface area contributed by atoms with E-state index in [-0.39, 0.29) is 5.91 Å². The molecule has 1 aromatic carbocycles. The topological polar surface area (TPSA) is 84.2 Å². The summed E-state index contributed by atoms with van der Waals surface area (Å²) in [4.78, 5) is 27.6. The summed E-state index contributed by atoms with van der Waals surface area (Å²) in [5.41, 5.74) is 1.66. The molecular weight excluding hydrogens is 270 g/mol. The molecule has 112 valence electrons. The number of fused-ring (bicyclic) bond motifs is 1. The number of benzene rings is 1. The number of aromatic nitrogens is 2. The van der Waals surface area contributed by atoms with E-state index in [9.17, 15) is 9.59 Å². The standard InChI is InChI=1S/C15H19N3O3/c1-3-6-12(15(20)21)17-14(19)10(2)18-9-16-11-7-4-5-8-13(11)18/h4-5,7-10,12H,3,6H2,1-2H3,(H,17,19)(H,20,21)/t10?,12-/m1/s1. The Bertz CT molecular complexity index is 650. The van der Waals surface area contributed by atoms with E-state index >= 15 is 0 Å². The molecule has 1 aromatic heterocycles. The van der Waals surface area contributed by atoms with Crippen molar-refractivity contribution in [3.63, 3.8) is 0 Å². The maximum absolute atomic E-state index is 12.3. The molecule has 2 aromatic rings. The van der Waals surface area contributed by atoms with Gasteiger partial charge in [-0.2, -0.15) is 0 Å². The number of amides is 1. The van der Waals surface area contributed by atoms with Crippen LogP contribution in [0.4, 0.5) is 0 Å². The Morgan fingerprint density at radius 1 is 1.38 bits per heavy atom. The van der Waals surface area contributed by atoms with E-state index in [0.717, 1.165) is 11.0 Å². The Hall–Kier alpha value is -2.37. The zero-order chi connectivity index (χ0) is 15.4. The van der Waals surface area contributed by atoms with Crippen LogP contribution in [0.1, 0.15) is 32.7 Å². The lowest BCUT2D eigenvalue weighted by Gasteiger charge is -2.18. The van der Waals surface area contributed by atoms with Crippen LogP contribution in [-0.2, 0) is 9.59 Å². The fourth-order valence-corrected chi connectivity index (χ4v) is 2.25. The van der Waals surface area contributed by atoms with Crippen LogP contribution in [0.3, 0.4) is 0 Å². The van der Waals surface area contributed by atoms with Crippen LogP contribution in [0.25, 0.3) is 11.0 Å². The number of nitrogens with one attached hydrogen (secondary N) is 1. The summed E-state index contributed by atoms with van der Waals surface area (Å²) in [6.07, 6.45) is 2.71. The molecule has 1 amide bonds. The number of hydrogen-bond donors (Lipinski definition) is 2. The number of carboxylic acid groups (broad SMARTS) is 1. The van der Waals surface area contributed by atoms with Gasteiger partial charge in [0.1, 0.15) is 12.1 Å². The second kappa shape index (κ2) is 6.39. The van der Waals surface area contributed by atoms with Crippen LogP contribution in [0, 0.1) is 0 Å². The summed E-state index contributed by atoms with van der Waals surface area (Å²) in [5.74, 6) is -1.33. The minimum Gasteiger partial charge on any atom is -0.480 e. The van der Waals surface area contributed by atoms with Crippen molar-refractivity contribution in [3.8, 4) is 0 Å². The molecule has 0 spiro atoms. The summed E-state index contributed by atoms with van der Waals surface area (Å²) >= 11 is 0. The first-order chi connectivity index (χ1) is 10.0. The lowest BCUT2D eigenvalue weighted by molar-refractivity contribution is -0.142. The quantitative estimate of drug-likeness (QED) is 0.851. The maximum atomic E-state index is 12.3. The first-order valence-corrected chi connectivity index (χ1v) is 6.99. The van der Waals surface area contributed by atoms with Gasteiger partial charge in [0.05, 0.1) is 17.4 Å². The number of aliphatic carboxylic acids is 1. The number of para-hydroxylation sites is 2. The summed E-state index contributed by atoms with van der Waals surface area (Å²) in [6.45, 7) is 3.61. The van der Waals surface area contributed by atoms with Crippen LogP contribution in [0.15, 0.2) is 30.6 Å². The number of hydrogen-bond acceptors (Lipinski definition) is 3. The molecule has 6 heteroatoms. The number of carbonyl (C=O) groups excluding carboxylic acids is 1. The Morgan fingerprint density at radius 2 is 2.10 bits per heavy atom. The highest BCUT2D eigenvalue weighted by molar-refractivity contribution is 5.87. The monoisotopic (exact) mass is 289 g/mol. The molecule has 1 unspecified atom stereocenters. The van der Waals surface area contributed by atoms with E-state index in [1.807, 2.05) is 31.2 Å². The fraction of sp³-hybridized carbons (Fsp3) is 0.400. The average molecular weight is 289 g/mol. The average Bonchev–Trinajstić information content (AvgIpc) is 2.89. The van der Waals surface area contributed by atoms with Crippen molar-refractivity contribution in [2.45, 2.75) is 38.8 Å². The van der Waals surface area contributed by atoms with E-state index < -0.39 is 18.1 Å². The van der Waals surface area contributed by atoms with E-state index in [2.05, 4.69) is 10.3 Å². The zero-order valence-corrected chi connectivity index (χ0v) is 12.1. The van der Waals surface area contributed by atoms with Gasteiger partial charge >= 0.3 is 5.97 Å². The molecule has 6 nitrogen and oxygen atoms in total. The predicted molar refractivity (Wildman–Crippen MR) is 78.9 cm³/mol. The van der Waals surface area contributed by atoms with Crippen LogP contribution in [0.5, 0.6) is 0 Å². The molecule has 0 aliphatic heterocycles. The van der Waals surface area contributed by atoms with Gasteiger partial charge in [-0.05, 0) is 25.5 Å². The Labute approximate surface area is 122 Å². The van der Waals surface area contributed by atoms with Crippen molar-refractivity contribution < 1.29 is 14.7 Å². The van der Waals surface area contributed by atoms with Crippen LogP contribution in [-0.4, -0.2) is 32.6 Å². The lowest BCUT2D eigenvalue weighted by atomic mass is 10.1. The third kappa shape index (κ3) is 3.21. The molecule has 0 aliphatic carbocycles. The van der Waals surface area contributed by atoms with Gasteiger partial charge in [-0.15, -0.1) is 0 Å². The molecule has 0 aliphatic rings. The van der Waals surface area contributed by atoms with E-state index in [4.69, 9.17) is 5.11 Å². The molecule has 0 saturated heterocycles. The SMILES string of the molecule is CCC[C@@H](NC(=O)C(C)n1cnc2ccccc21)C(=O)O. The van der Waals surface area contributed by atoms with Gasteiger partial charge in [-0.3, -0.25) is 4.79 Å². The van der Waals surface area contributed by atoms with Crippen LogP contribution in [0.2, 0.25) is 0 Å². The van der Waals surface area contributed by atoms with Crippen molar-refractivity contribution in [3.05, 3.63) is 30.6 Å². The molecule has 2 rings (SSSR count). The minimum atomic E-state index is -1.01. The first-order valence-electron chi connectivity index (χ1n) is 6.99. The van der Waals surface area contributed by atoms with Crippen molar-refractivity contribution in [2.24, 2.45) is 0 Å². The highest BCUT2D eigenvalue weighted by atomic mass is 16.4.